The Bertz CT molecular complexity index is 985. The molecule has 0 bridgehead atoms. The van der Waals surface area contributed by atoms with E-state index in [1.807, 2.05) is 0 Å². The van der Waals surface area contributed by atoms with Crippen LogP contribution in [0.15, 0.2) is 30.3 Å². The van der Waals surface area contributed by atoms with Gasteiger partial charge in [-0.15, -0.1) is 0 Å². The zero-order valence-corrected chi connectivity index (χ0v) is 18.0. The van der Waals surface area contributed by atoms with Crippen LogP contribution >= 0.6 is 0 Å². The summed E-state index contributed by atoms with van der Waals surface area (Å²) < 4.78 is 30.3. The number of fused-ring (bicyclic) bond motifs is 1. The van der Waals surface area contributed by atoms with Crippen molar-refractivity contribution in [1.82, 2.24) is 0 Å². The first-order chi connectivity index (χ1) is 15.8. The smallest absolute Gasteiger partial charge is 0.338 e. The Balaban J connectivity index is 1.33. The van der Waals surface area contributed by atoms with Crippen LogP contribution in [0.3, 0.4) is 0 Å². The molecule has 178 valence electrons. The molecule has 0 amide bonds. The minimum Gasteiger partial charge on any atom is -0.461 e. The second-order valence-electron chi connectivity index (χ2n) is 9.70. The number of rotatable bonds is 4. The third kappa shape index (κ3) is 2.57. The van der Waals surface area contributed by atoms with E-state index in [1.54, 1.807) is 37.3 Å². The number of Topliss-reactive ketones (excluding diaryl/α,β-unsaturated/α-hetero) is 1. The third-order valence-electron chi connectivity index (χ3n) is 8.27. The van der Waals surface area contributed by atoms with E-state index < -0.39 is 72.1 Å². The second kappa shape index (κ2) is 7.05. The molecule has 10 heteroatoms. The van der Waals surface area contributed by atoms with E-state index in [-0.39, 0.29) is 25.2 Å². The maximum absolute atomic E-state index is 12.7. The molecule has 33 heavy (non-hydrogen) atoms. The number of aliphatic hydroxyl groups excluding tert-OH is 3. The molecular formula is C23H26O10. The van der Waals surface area contributed by atoms with Crippen molar-refractivity contribution >= 4 is 11.8 Å². The summed E-state index contributed by atoms with van der Waals surface area (Å²) in [5, 5.41) is 30.4. The molecule has 5 fully saturated rings. The molecule has 0 unspecified atom stereocenters. The summed E-state index contributed by atoms with van der Waals surface area (Å²) in [6.45, 7) is 1.06. The van der Waals surface area contributed by atoms with Crippen molar-refractivity contribution in [1.29, 1.82) is 0 Å². The first-order valence-electron chi connectivity index (χ1n) is 11.2. The Labute approximate surface area is 189 Å². The molecule has 2 aliphatic carbocycles. The predicted octanol–water partition coefficient (Wildman–Crippen LogP) is -0.469. The normalized spacial score (nSPS) is 49.6. The Morgan fingerprint density at radius 3 is 2.64 bits per heavy atom. The highest BCUT2D eigenvalue weighted by Crippen LogP contribution is 2.75. The molecule has 5 aliphatic rings. The first kappa shape index (κ1) is 21.6. The van der Waals surface area contributed by atoms with Crippen LogP contribution in [0.25, 0.3) is 0 Å². The van der Waals surface area contributed by atoms with E-state index >= 15 is 0 Å². The molecule has 3 heterocycles. The molecule has 0 radical (unpaired) electrons. The number of benzene rings is 1. The number of hydrogen-bond donors (Lipinski definition) is 3. The highest BCUT2D eigenvalue weighted by molar-refractivity contribution is 5.90. The fourth-order valence-electron chi connectivity index (χ4n) is 6.60. The lowest BCUT2D eigenvalue weighted by Gasteiger charge is -2.65. The number of esters is 1. The van der Waals surface area contributed by atoms with Crippen LogP contribution < -0.4 is 0 Å². The molecule has 1 aromatic carbocycles. The summed E-state index contributed by atoms with van der Waals surface area (Å²) in [5.74, 6) is -2.29. The lowest BCUT2D eigenvalue weighted by Crippen LogP contribution is -2.79. The van der Waals surface area contributed by atoms with Gasteiger partial charge in [-0.25, -0.2) is 4.79 Å². The van der Waals surface area contributed by atoms with Gasteiger partial charge in [0, 0.05) is 12.3 Å². The summed E-state index contributed by atoms with van der Waals surface area (Å²) in [7, 11) is 0. The second-order valence-corrected chi connectivity index (χ2v) is 9.70. The highest BCUT2D eigenvalue weighted by Gasteiger charge is 2.89. The fourth-order valence-corrected chi connectivity index (χ4v) is 6.60. The minimum atomic E-state index is -1.37. The van der Waals surface area contributed by atoms with Gasteiger partial charge in [0.15, 0.2) is 12.1 Å². The van der Waals surface area contributed by atoms with Crippen LogP contribution in [-0.4, -0.2) is 88.5 Å². The zero-order chi connectivity index (χ0) is 23.2. The lowest BCUT2D eigenvalue weighted by molar-refractivity contribution is -0.466. The third-order valence-corrected chi connectivity index (χ3v) is 8.27. The number of ether oxygens (including phenoxy) is 5. The van der Waals surface area contributed by atoms with Gasteiger partial charge in [-0.2, -0.15) is 0 Å². The average Bonchev–Trinajstić information content (AvgIpc) is 3.09. The number of aliphatic hydroxyl groups is 3. The monoisotopic (exact) mass is 462 g/mol. The van der Waals surface area contributed by atoms with Crippen LogP contribution in [0.4, 0.5) is 0 Å². The van der Waals surface area contributed by atoms with Crippen molar-refractivity contribution in [3.63, 3.8) is 0 Å². The predicted molar refractivity (Wildman–Crippen MR) is 107 cm³/mol. The highest BCUT2D eigenvalue weighted by atomic mass is 16.8. The summed E-state index contributed by atoms with van der Waals surface area (Å²) in [5.41, 5.74) is -1.74. The summed E-state index contributed by atoms with van der Waals surface area (Å²) in [6.07, 6.45) is -6.14. The molecule has 2 saturated carbocycles. The van der Waals surface area contributed by atoms with Crippen LogP contribution in [0.2, 0.25) is 0 Å². The number of ketones is 1. The average molecular weight is 462 g/mol. The van der Waals surface area contributed by atoms with E-state index in [1.165, 1.54) is 0 Å². The fraction of sp³-hybridized carbons (Fsp3) is 0.652. The summed E-state index contributed by atoms with van der Waals surface area (Å²) in [6, 6.07) is 8.56. The first-order valence-corrected chi connectivity index (χ1v) is 11.2. The van der Waals surface area contributed by atoms with E-state index in [0.29, 0.717) is 5.56 Å². The molecule has 1 spiro atoms. The zero-order valence-electron chi connectivity index (χ0n) is 18.0. The molecule has 3 saturated heterocycles. The van der Waals surface area contributed by atoms with Gasteiger partial charge < -0.3 is 39.0 Å². The van der Waals surface area contributed by atoms with Gasteiger partial charge in [-0.1, -0.05) is 18.2 Å². The van der Waals surface area contributed by atoms with Gasteiger partial charge in [0.25, 0.3) is 0 Å². The maximum atomic E-state index is 12.7. The molecule has 6 rings (SSSR count). The van der Waals surface area contributed by atoms with Gasteiger partial charge in [-0.3, -0.25) is 4.79 Å². The van der Waals surface area contributed by atoms with Gasteiger partial charge in [-0.05, 0) is 25.5 Å². The largest absolute Gasteiger partial charge is 0.461 e. The standard InChI is InChI=1S/C23H26O10/c1-21-23(33-20-18(32-21)17(27)16(26)14(9-24)30-20)8-12-13(25)7-15(31-21)22(12,23)10-29-19(28)11-5-3-2-4-6-11/h2-6,12,14-18,20,24,26-27H,7-10H2,1H3/t12-,14+,15+,16+,17-,18+,20+,21-,22-,23-/m0/s1. The van der Waals surface area contributed by atoms with E-state index in [9.17, 15) is 24.9 Å². The molecule has 3 aliphatic heterocycles. The number of carbonyl (C=O) groups excluding carboxylic acids is 2. The van der Waals surface area contributed by atoms with Crippen molar-refractivity contribution in [3.8, 4) is 0 Å². The van der Waals surface area contributed by atoms with Crippen molar-refractivity contribution in [3.05, 3.63) is 35.9 Å². The topological polar surface area (TPSA) is 141 Å². The Hall–Kier alpha value is -1.92. The molecular weight excluding hydrogens is 436 g/mol. The summed E-state index contributed by atoms with van der Waals surface area (Å²) in [4.78, 5) is 25.4. The van der Waals surface area contributed by atoms with Gasteiger partial charge in [0.05, 0.1) is 23.7 Å². The van der Waals surface area contributed by atoms with Crippen LogP contribution in [0.1, 0.15) is 30.1 Å². The summed E-state index contributed by atoms with van der Waals surface area (Å²) >= 11 is 0. The van der Waals surface area contributed by atoms with Crippen molar-refractivity contribution in [2.24, 2.45) is 11.3 Å². The lowest BCUT2D eigenvalue weighted by atomic mass is 9.49. The maximum Gasteiger partial charge on any atom is 0.338 e. The molecule has 10 nitrogen and oxygen atoms in total. The number of hydrogen-bond acceptors (Lipinski definition) is 10. The Morgan fingerprint density at radius 2 is 1.91 bits per heavy atom. The number of carbonyl (C=O) groups is 2. The molecule has 3 N–H and O–H groups in total. The van der Waals surface area contributed by atoms with Crippen molar-refractivity contribution < 1.29 is 48.6 Å². The van der Waals surface area contributed by atoms with Gasteiger partial charge in [0.1, 0.15) is 42.4 Å². The minimum absolute atomic E-state index is 0.0161. The molecule has 10 atom stereocenters. The van der Waals surface area contributed by atoms with E-state index in [0.717, 1.165) is 0 Å². The van der Waals surface area contributed by atoms with Crippen LogP contribution in [0, 0.1) is 11.3 Å². The quantitative estimate of drug-likeness (QED) is 0.503. The van der Waals surface area contributed by atoms with Crippen molar-refractivity contribution in [2.75, 3.05) is 13.2 Å². The van der Waals surface area contributed by atoms with Crippen LogP contribution in [-0.2, 0) is 28.5 Å². The Morgan fingerprint density at radius 1 is 1.15 bits per heavy atom. The van der Waals surface area contributed by atoms with E-state index in [2.05, 4.69) is 0 Å². The van der Waals surface area contributed by atoms with Crippen molar-refractivity contribution in [2.45, 2.75) is 68.0 Å². The SMILES string of the molecule is C[C@]12O[C@H]3[C@H](O[C@H](CO)[C@@H](O)[C@@H]3O)O[C@@]13C[C@H]1C(=O)C[C@@H](O2)[C@]13COC(=O)c1ccccc1. The molecule has 0 aromatic heterocycles. The van der Waals surface area contributed by atoms with Crippen LogP contribution in [0.5, 0.6) is 0 Å². The van der Waals surface area contributed by atoms with E-state index in [4.69, 9.17) is 23.7 Å². The molecule has 1 aromatic rings. The van der Waals surface area contributed by atoms with Gasteiger partial charge >= 0.3 is 5.97 Å². The Kier molecular flexibility index (Phi) is 4.61. The van der Waals surface area contributed by atoms with Gasteiger partial charge in [0.2, 0.25) is 0 Å².